The van der Waals surface area contributed by atoms with E-state index in [1.165, 1.54) is 6.07 Å². The van der Waals surface area contributed by atoms with Gasteiger partial charge in [0.15, 0.2) is 0 Å². The zero-order chi connectivity index (χ0) is 22.3. The molecule has 0 radical (unpaired) electrons. The Bertz CT molecular complexity index is 1280. The van der Waals surface area contributed by atoms with E-state index >= 15 is 0 Å². The minimum absolute atomic E-state index is 0.0242. The number of hydrogen-bond donors (Lipinski definition) is 1. The van der Waals surface area contributed by atoms with Crippen LogP contribution in [-0.4, -0.2) is 50.4 Å². The molecule has 31 heavy (non-hydrogen) atoms. The quantitative estimate of drug-likeness (QED) is 0.265. The summed E-state index contributed by atoms with van der Waals surface area (Å²) >= 11 is 0. The predicted octanol–water partition coefficient (Wildman–Crippen LogP) is 3.19. The van der Waals surface area contributed by atoms with E-state index in [-0.39, 0.29) is 31.0 Å². The number of rotatable bonds is 8. The number of fused-ring (bicyclic) bond motifs is 4. The van der Waals surface area contributed by atoms with Crippen molar-refractivity contribution in [2.75, 3.05) is 13.2 Å². The lowest BCUT2D eigenvalue weighted by Gasteiger charge is -2.08. The van der Waals surface area contributed by atoms with E-state index in [2.05, 4.69) is 6.58 Å². The fourth-order valence-electron chi connectivity index (χ4n) is 3.14. The molecule has 2 aromatic heterocycles. The highest BCUT2D eigenvalue weighted by atomic mass is 16.6. The Kier molecular flexibility index (Phi) is 5.10. The molecule has 0 atom stereocenters. The first-order valence-electron chi connectivity index (χ1n) is 9.81. The molecule has 162 valence electrons. The summed E-state index contributed by atoms with van der Waals surface area (Å²) in [5, 5.41) is 10.5. The fourth-order valence-corrected chi connectivity index (χ4v) is 3.14. The Balaban J connectivity index is 1.46. The molecule has 0 aliphatic heterocycles. The van der Waals surface area contributed by atoms with Gasteiger partial charge in [0.1, 0.15) is 41.4 Å². The lowest BCUT2D eigenvalue weighted by Crippen LogP contribution is -2.12. The number of esters is 2. The lowest BCUT2D eigenvalue weighted by atomic mass is 10.2. The molecule has 0 saturated carbocycles. The molecule has 1 N–H and O–H groups in total. The van der Waals surface area contributed by atoms with Gasteiger partial charge in [-0.1, -0.05) is 6.58 Å². The van der Waals surface area contributed by atoms with Crippen molar-refractivity contribution in [3.05, 3.63) is 54.1 Å². The van der Waals surface area contributed by atoms with Gasteiger partial charge in [0.05, 0.1) is 11.7 Å². The van der Waals surface area contributed by atoms with Crippen molar-refractivity contribution in [2.45, 2.75) is 26.9 Å². The van der Waals surface area contributed by atoms with Gasteiger partial charge in [0, 0.05) is 11.6 Å². The molecule has 2 aromatic carbocycles. The molecule has 4 aromatic rings. The lowest BCUT2D eigenvalue weighted by molar-refractivity contribution is -0.139. The maximum absolute atomic E-state index is 12.1. The third-order valence-electron chi connectivity index (χ3n) is 4.59. The van der Waals surface area contributed by atoms with Crippen molar-refractivity contribution in [3.63, 3.8) is 0 Å². The molecule has 0 aliphatic rings. The van der Waals surface area contributed by atoms with Crippen LogP contribution in [0.1, 0.15) is 31.1 Å². The van der Waals surface area contributed by atoms with Crippen LogP contribution in [-0.2, 0) is 14.3 Å². The van der Waals surface area contributed by atoms with Gasteiger partial charge < -0.3 is 19.3 Å². The Morgan fingerprint density at radius 1 is 1.06 bits per heavy atom. The summed E-state index contributed by atoms with van der Waals surface area (Å²) in [6, 6.07) is 10.2. The Morgan fingerprint density at radius 3 is 2.48 bits per heavy atom. The first-order chi connectivity index (χ1) is 14.8. The van der Waals surface area contributed by atoms with Crippen LogP contribution in [0.25, 0.3) is 16.7 Å². The van der Waals surface area contributed by atoms with Crippen molar-refractivity contribution in [1.29, 1.82) is 0 Å². The highest BCUT2D eigenvalue weighted by molar-refractivity contribution is 5.94. The zero-order valence-corrected chi connectivity index (χ0v) is 17.5. The molecule has 0 saturated heterocycles. The average molecular weight is 425 g/mol. The summed E-state index contributed by atoms with van der Waals surface area (Å²) in [4.78, 5) is 25.2. The number of hydrogen-bond acceptors (Lipinski definition) is 6. The van der Waals surface area contributed by atoms with Gasteiger partial charge in [0.25, 0.3) is 0 Å². The normalized spacial score (nSPS) is 11.5. The summed E-state index contributed by atoms with van der Waals surface area (Å²) in [6.07, 6.45) is -0.191. The second kappa shape index (κ2) is 7.75. The monoisotopic (exact) mass is 425 g/mol. The van der Waals surface area contributed by atoms with Gasteiger partial charge in [-0.05, 0) is 51.1 Å². The van der Waals surface area contributed by atoms with E-state index < -0.39 is 5.97 Å². The van der Waals surface area contributed by atoms with E-state index in [1.54, 1.807) is 49.8 Å². The number of carbonyl (C=O) groups excluding carboxylic acids is 2. The third kappa shape index (κ3) is 3.81. The van der Waals surface area contributed by atoms with Crippen molar-refractivity contribution in [3.8, 4) is 17.2 Å². The van der Waals surface area contributed by atoms with Crippen LogP contribution in [0.4, 0.5) is 0 Å². The summed E-state index contributed by atoms with van der Waals surface area (Å²) in [5.74, 6) is -0.371. The number of phenolic OH excluding ortho intramolecular Hbond substituents is 1. The van der Waals surface area contributed by atoms with Crippen LogP contribution < -0.4 is 4.74 Å². The van der Waals surface area contributed by atoms with Crippen LogP contribution in [0.2, 0.25) is 0 Å². The first kappa shape index (κ1) is 20.4. The van der Waals surface area contributed by atoms with E-state index in [0.29, 0.717) is 22.6 Å². The van der Waals surface area contributed by atoms with E-state index in [4.69, 9.17) is 14.2 Å². The van der Waals surface area contributed by atoms with Crippen LogP contribution in [0.3, 0.4) is 0 Å². The minimum atomic E-state index is -0.470. The topological polar surface area (TPSA) is 95.8 Å². The predicted molar refractivity (Wildman–Crippen MR) is 112 cm³/mol. The third-order valence-corrected chi connectivity index (χ3v) is 4.59. The van der Waals surface area contributed by atoms with Crippen LogP contribution >= 0.6 is 0 Å². The number of nitrogens with zero attached hydrogens (tertiary/aromatic N) is 3. The van der Waals surface area contributed by atoms with Crippen LogP contribution in [0.15, 0.2) is 48.6 Å². The molecule has 2 heterocycles. The Labute approximate surface area is 177 Å². The van der Waals surface area contributed by atoms with Crippen LogP contribution in [0, 0.1) is 0 Å². The largest absolute Gasteiger partial charge is 0.505 e. The minimum Gasteiger partial charge on any atom is -0.505 e. The highest BCUT2D eigenvalue weighted by Gasteiger charge is 2.27. The number of ether oxygens (including phenoxy) is 3. The summed E-state index contributed by atoms with van der Waals surface area (Å²) in [5.41, 5.74) is 3.12. The van der Waals surface area contributed by atoms with Crippen molar-refractivity contribution < 1.29 is 28.9 Å². The highest BCUT2D eigenvalue weighted by Crippen LogP contribution is 2.33. The molecule has 0 spiro atoms. The molecule has 0 aliphatic carbocycles. The second-order valence-corrected chi connectivity index (χ2v) is 7.44. The smallest absolute Gasteiger partial charge is 0.338 e. The number of aromatic hydroxyl groups is 1. The number of phenols is 1. The summed E-state index contributed by atoms with van der Waals surface area (Å²) < 4.78 is 19.4. The molecular formula is C22H23N3O6. The zero-order valence-electron chi connectivity index (χ0n) is 17.5. The molecule has 0 unspecified atom stereocenters. The summed E-state index contributed by atoms with van der Waals surface area (Å²) in [6.45, 7) is 8.92. The number of benzene rings is 2. The maximum Gasteiger partial charge on any atom is 0.338 e. The second-order valence-electron chi connectivity index (χ2n) is 7.44. The molecule has 4 rings (SSSR count). The molecule has 9 nitrogen and oxygen atoms in total. The fraction of sp³-hybridized carbons (Fsp3) is 0.273. The Hall–Kier alpha value is -3.88. The number of carbonyl (C=O) groups is 2. The molecule has 0 fully saturated rings. The molecule has 0 amide bonds. The van der Waals surface area contributed by atoms with E-state index in [1.807, 2.05) is 15.3 Å². The molecule has 0 bridgehead atoms. The number of aromatic nitrogens is 3. The van der Waals surface area contributed by atoms with Gasteiger partial charge in [0.2, 0.25) is 0 Å². The van der Waals surface area contributed by atoms with Gasteiger partial charge in [-0.25, -0.2) is 9.59 Å². The SMILES string of the molecule is C=C(C)C(=O)OCCOc1ccc(-n2n3c4ccc(C(=O)OC(C)C)cc4n23)c(O)c1. The van der Waals surface area contributed by atoms with E-state index in [0.717, 1.165) is 11.0 Å². The maximum atomic E-state index is 12.1. The summed E-state index contributed by atoms with van der Waals surface area (Å²) in [7, 11) is 0. The van der Waals surface area contributed by atoms with Crippen molar-refractivity contribution in [2.24, 2.45) is 0 Å². The van der Waals surface area contributed by atoms with Gasteiger partial charge in [-0.15, -0.1) is 14.1 Å². The standard InChI is InChI=1S/C22H23N3O6/c1-13(2)21(27)30-10-9-29-16-6-8-18(20(26)12-16)24-23-17-7-5-15(11-19(17)25(23)24)22(28)31-14(3)4/h5-8,11-12,14,26H,1,9-10H2,2-4H3. The molecular weight excluding hydrogens is 402 g/mol. The Morgan fingerprint density at radius 2 is 1.81 bits per heavy atom. The van der Waals surface area contributed by atoms with Crippen LogP contribution in [0.5, 0.6) is 11.5 Å². The van der Waals surface area contributed by atoms with Crippen molar-refractivity contribution >= 4 is 23.0 Å². The first-order valence-corrected chi connectivity index (χ1v) is 9.81. The molecule has 9 heteroatoms. The van der Waals surface area contributed by atoms with Gasteiger partial charge in [-0.2, -0.15) is 0 Å². The average Bonchev–Trinajstić information content (AvgIpc) is 3.36. The van der Waals surface area contributed by atoms with Gasteiger partial charge >= 0.3 is 11.9 Å². The van der Waals surface area contributed by atoms with E-state index in [9.17, 15) is 14.7 Å². The van der Waals surface area contributed by atoms with Crippen molar-refractivity contribution in [1.82, 2.24) is 14.1 Å². The van der Waals surface area contributed by atoms with Gasteiger partial charge in [-0.3, -0.25) is 0 Å².